The van der Waals surface area contributed by atoms with Gasteiger partial charge in [-0.3, -0.25) is 0 Å². The molecule has 0 heterocycles. The van der Waals surface area contributed by atoms with Crippen molar-refractivity contribution < 1.29 is 0 Å². The summed E-state index contributed by atoms with van der Waals surface area (Å²) >= 11 is 0. The van der Waals surface area contributed by atoms with E-state index in [9.17, 15) is 0 Å². The Morgan fingerprint density at radius 1 is 0.941 bits per heavy atom. The van der Waals surface area contributed by atoms with Crippen LogP contribution in [-0.4, -0.2) is 44.4 Å². The van der Waals surface area contributed by atoms with Gasteiger partial charge in [-0.15, -0.1) is 24.8 Å². The zero-order chi connectivity index (χ0) is 11.8. The normalized spacial score (nSPS) is 12.9. The Morgan fingerprint density at radius 2 is 1.24 bits per heavy atom. The monoisotopic (exact) mass is 496 g/mol. The average molecular weight is 495 g/mol. The Hall–Kier alpha value is 3.08. The molecule has 0 fully saturated rings. The number of rotatable bonds is 8. The number of nitrogens with two attached hydrogens (primary N) is 2. The zero-order valence-corrected chi connectivity index (χ0v) is 19.5. The molecule has 0 amide bonds. The Balaban J connectivity index is -0.000000980. The molecule has 0 aromatic rings. The number of halogens is 2. The van der Waals surface area contributed by atoms with Crippen molar-refractivity contribution in [1.82, 2.24) is 0 Å². The van der Waals surface area contributed by atoms with Crippen LogP contribution in [0.1, 0.15) is 13.8 Å². The first kappa shape index (κ1) is 25.1. The molecule has 4 N–H and O–H groups in total. The zero-order valence-electron chi connectivity index (χ0n) is 9.58. The first-order valence-electron chi connectivity index (χ1n) is 4.48. The van der Waals surface area contributed by atoms with Crippen LogP contribution in [0.5, 0.6) is 0 Å². The van der Waals surface area contributed by atoms with E-state index in [0.29, 0.717) is 10.5 Å². The molecule has 2 unspecified atom stereocenters. The Kier molecular flexibility index (Phi) is 22.8. The van der Waals surface area contributed by atoms with Crippen LogP contribution in [0.4, 0.5) is 0 Å². The summed E-state index contributed by atoms with van der Waals surface area (Å²) in [6.45, 7) is 5.72. The second-order valence-electron chi connectivity index (χ2n) is 2.93. The Bertz CT molecular complexity index is 214. The standard InChI is InChI=1S/C6H16Ge2N2S5.2ClH/c1-5(3-9)13-7(11)15-8(12)14-6(2)4-10;;/h5-6H,3-4,9-10H2,1-2H3;2*1H. The maximum Gasteiger partial charge on any atom is -0.147 e. The summed E-state index contributed by atoms with van der Waals surface area (Å²) in [5, 5.41) is 1.01. The van der Waals surface area contributed by atoms with Crippen LogP contribution in [0, 0.1) is 0 Å². The third kappa shape index (κ3) is 15.3. The van der Waals surface area contributed by atoms with E-state index in [1.165, 1.54) is 0 Å². The molecule has 0 aliphatic heterocycles. The summed E-state index contributed by atoms with van der Waals surface area (Å²) < 4.78 is 0. The van der Waals surface area contributed by atoms with Crippen LogP contribution in [0.25, 0.3) is 0 Å². The van der Waals surface area contributed by atoms with Crippen LogP contribution in [0.15, 0.2) is 0 Å². The topological polar surface area (TPSA) is 52.0 Å². The maximum absolute atomic E-state index is 5.57. The molecule has 11 heteroatoms. The van der Waals surface area contributed by atoms with Gasteiger partial charge in [0.2, 0.25) is 0 Å². The first-order valence-corrected chi connectivity index (χ1v) is 23.3. The summed E-state index contributed by atoms with van der Waals surface area (Å²) in [5.41, 5.74) is 11.1. The van der Waals surface area contributed by atoms with Crippen molar-refractivity contribution in [2.24, 2.45) is 11.5 Å². The van der Waals surface area contributed by atoms with Crippen molar-refractivity contribution in [2.75, 3.05) is 13.1 Å². The summed E-state index contributed by atoms with van der Waals surface area (Å²) in [6.07, 6.45) is 0. The van der Waals surface area contributed by atoms with Crippen molar-refractivity contribution in [3.63, 3.8) is 0 Å². The molecule has 0 radical (unpaired) electrons. The van der Waals surface area contributed by atoms with Crippen molar-refractivity contribution in [2.45, 2.75) is 24.3 Å². The molecule has 0 aliphatic carbocycles. The summed E-state index contributed by atoms with van der Waals surface area (Å²) in [4.78, 5) is 0. The van der Waals surface area contributed by atoms with Gasteiger partial charge in [0.05, 0.1) is 0 Å². The van der Waals surface area contributed by atoms with Crippen LogP contribution in [0.2, 0.25) is 0 Å². The van der Waals surface area contributed by atoms with E-state index >= 15 is 0 Å². The molecule has 17 heavy (non-hydrogen) atoms. The molecule has 0 aromatic carbocycles. The van der Waals surface area contributed by atoms with Crippen molar-refractivity contribution in [1.29, 1.82) is 0 Å². The van der Waals surface area contributed by atoms with Gasteiger partial charge in [0.25, 0.3) is 0 Å². The molecule has 0 rings (SSSR count). The molecule has 0 aromatic heterocycles. The van der Waals surface area contributed by atoms with Crippen LogP contribution >= 0.6 is 74.3 Å². The second kappa shape index (κ2) is 15.5. The van der Waals surface area contributed by atoms with Gasteiger partial charge in [-0.1, -0.05) is 0 Å². The van der Waals surface area contributed by atoms with Crippen molar-refractivity contribution in [3.8, 4) is 0 Å². The van der Waals surface area contributed by atoms with Crippen LogP contribution in [0.3, 0.4) is 0 Å². The van der Waals surface area contributed by atoms with E-state index in [1.807, 2.05) is 28.6 Å². The minimum atomic E-state index is -1.42. The maximum atomic E-state index is 5.57. The van der Waals surface area contributed by atoms with Gasteiger partial charge in [0.1, 0.15) is 0 Å². The van der Waals surface area contributed by atoms with Crippen molar-refractivity contribution >= 4 is 95.1 Å². The second-order valence-corrected chi connectivity index (χ2v) is 39.0. The molecular weight excluding hydrogens is 477 g/mol. The van der Waals surface area contributed by atoms with Crippen LogP contribution < -0.4 is 11.5 Å². The fourth-order valence-corrected chi connectivity index (χ4v) is 78.2. The van der Waals surface area contributed by atoms with Gasteiger partial charge in [0, 0.05) is 0 Å². The largest absolute Gasteiger partial charge is 0.147 e. The van der Waals surface area contributed by atoms with E-state index in [4.69, 9.17) is 32.4 Å². The van der Waals surface area contributed by atoms with E-state index in [2.05, 4.69) is 13.8 Å². The fourth-order valence-electron chi connectivity index (χ4n) is 0.541. The fraction of sp³-hybridized carbons (Fsp3) is 1.00. The van der Waals surface area contributed by atoms with Crippen molar-refractivity contribution in [3.05, 3.63) is 0 Å². The minimum Gasteiger partial charge on any atom is -0.147 e. The van der Waals surface area contributed by atoms with E-state index in [-0.39, 0.29) is 24.8 Å². The number of hydrogen-bond donors (Lipinski definition) is 2. The smallest absolute Gasteiger partial charge is 0.147 e. The average Bonchev–Trinajstić information content (AvgIpc) is 2.16. The molecule has 0 saturated carbocycles. The van der Waals surface area contributed by atoms with Gasteiger partial charge >= 0.3 is 119 Å². The quantitative estimate of drug-likeness (QED) is 0.503. The molecule has 0 aliphatic rings. The Labute approximate surface area is 142 Å². The molecule has 2 nitrogen and oxygen atoms in total. The third-order valence-corrected chi connectivity index (χ3v) is 56.8. The van der Waals surface area contributed by atoms with E-state index in [0.717, 1.165) is 13.1 Å². The van der Waals surface area contributed by atoms with Gasteiger partial charge in [-0.05, 0) is 0 Å². The predicted octanol–water partition coefficient (Wildman–Crippen LogP) is 3.09. The summed E-state index contributed by atoms with van der Waals surface area (Å²) in [7, 11) is 14.0. The summed E-state index contributed by atoms with van der Waals surface area (Å²) in [5.74, 6) is 0. The molecule has 0 saturated heterocycles. The predicted molar refractivity (Wildman–Crippen MR) is 101 cm³/mol. The molecule has 0 bridgehead atoms. The Morgan fingerprint density at radius 3 is 1.47 bits per heavy atom. The van der Waals surface area contributed by atoms with Crippen LogP contribution in [-0.2, 0) is 0 Å². The SMILES string of the molecule is CC(CN)[S][Ge](=[S])[S][Ge](=[S])[S]C(C)CN.Cl.Cl. The minimum absolute atomic E-state index is 0. The first-order chi connectivity index (χ1) is 6.99. The third-order valence-electron chi connectivity index (χ3n) is 1.43. The molecule has 104 valence electrons. The van der Waals surface area contributed by atoms with E-state index < -0.39 is 20.8 Å². The van der Waals surface area contributed by atoms with Gasteiger partial charge in [-0.2, -0.15) is 0 Å². The molecule has 0 spiro atoms. The molecule has 2 atom stereocenters. The summed E-state index contributed by atoms with van der Waals surface area (Å²) in [6, 6.07) is 0. The van der Waals surface area contributed by atoms with Gasteiger partial charge in [0.15, 0.2) is 0 Å². The van der Waals surface area contributed by atoms with Gasteiger partial charge in [-0.25, -0.2) is 0 Å². The van der Waals surface area contributed by atoms with E-state index in [1.54, 1.807) is 0 Å². The molecular formula is C6H18Cl2Ge2N2S5. The number of hydrogen-bond acceptors (Lipinski definition) is 7. The van der Waals surface area contributed by atoms with Gasteiger partial charge < -0.3 is 0 Å².